The number of carboxylic acid groups (broad SMARTS) is 1. The first kappa shape index (κ1) is 22.9. The highest BCUT2D eigenvalue weighted by Gasteiger charge is 2.38. The maximum Gasteiger partial charge on any atom is 0.328 e. The lowest BCUT2D eigenvalue weighted by molar-refractivity contribution is -0.131. The van der Waals surface area contributed by atoms with Crippen LogP contribution in [0.5, 0.6) is 5.75 Å². The van der Waals surface area contributed by atoms with Gasteiger partial charge in [0.05, 0.1) is 12.2 Å². The van der Waals surface area contributed by atoms with E-state index in [2.05, 4.69) is 0 Å². The zero-order valence-electron chi connectivity index (χ0n) is 15.7. The minimum absolute atomic E-state index is 0.0291. The van der Waals surface area contributed by atoms with Crippen molar-refractivity contribution in [2.24, 2.45) is 11.8 Å². The normalized spacial score (nSPS) is 26.2. The first-order valence-electron chi connectivity index (χ1n) is 9.22. The lowest BCUT2D eigenvalue weighted by atomic mass is 9.92. The summed E-state index contributed by atoms with van der Waals surface area (Å²) >= 11 is 5.89. The highest BCUT2D eigenvalue weighted by Crippen LogP contribution is 2.34. The molecule has 2 rings (SSSR count). The molecule has 1 fully saturated rings. The second-order valence-electron chi connectivity index (χ2n) is 6.71. The minimum Gasteiger partial charge on any atom is -0.491 e. The van der Waals surface area contributed by atoms with Gasteiger partial charge in [-0.1, -0.05) is 60.2 Å². The second-order valence-corrected chi connectivity index (χ2v) is 7.15. The van der Waals surface area contributed by atoms with Gasteiger partial charge in [-0.25, -0.2) is 4.79 Å². The third-order valence-corrected chi connectivity index (χ3v) is 4.73. The Morgan fingerprint density at radius 3 is 2.52 bits per heavy atom. The van der Waals surface area contributed by atoms with Gasteiger partial charge in [-0.3, -0.25) is 0 Å². The molecule has 6 nitrogen and oxygen atoms in total. The number of hydrogen-bond acceptors (Lipinski definition) is 5. The molecule has 5 atom stereocenters. The van der Waals surface area contributed by atoms with E-state index in [4.69, 9.17) is 21.4 Å². The van der Waals surface area contributed by atoms with Crippen molar-refractivity contribution in [2.45, 2.75) is 24.7 Å². The van der Waals surface area contributed by atoms with Crippen molar-refractivity contribution < 1.29 is 30.0 Å². The quantitative estimate of drug-likeness (QED) is 0.278. The zero-order valence-corrected chi connectivity index (χ0v) is 16.5. The van der Waals surface area contributed by atoms with Gasteiger partial charge in [0.1, 0.15) is 18.5 Å². The Bertz CT molecular complexity index is 785. The Balaban J connectivity index is 1.92. The van der Waals surface area contributed by atoms with E-state index >= 15 is 0 Å². The van der Waals surface area contributed by atoms with Gasteiger partial charge in [0.25, 0.3) is 0 Å². The smallest absolute Gasteiger partial charge is 0.328 e. The summed E-state index contributed by atoms with van der Waals surface area (Å²) in [7, 11) is 0. The molecule has 1 aromatic rings. The number of hydrogen-bond donors (Lipinski definition) is 4. The fourth-order valence-electron chi connectivity index (χ4n) is 3.10. The molecule has 7 heteroatoms. The highest BCUT2D eigenvalue weighted by molar-refractivity contribution is 6.30. The number of benzene rings is 1. The van der Waals surface area contributed by atoms with Crippen LogP contribution in [0.25, 0.3) is 0 Å². The Kier molecular flexibility index (Phi) is 9.15. The molecule has 1 aliphatic carbocycles. The molecule has 156 valence electrons. The van der Waals surface area contributed by atoms with E-state index in [0.29, 0.717) is 10.8 Å². The van der Waals surface area contributed by atoms with Crippen LogP contribution >= 0.6 is 11.6 Å². The molecule has 0 aliphatic heterocycles. The lowest BCUT2D eigenvalue weighted by Gasteiger charge is -2.17. The summed E-state index contributed by atoms with van der Waals surface area (Å²) < 4.78 is 5.49. The van der Waals surface area contributed by atoms with Gasteiger partial charge in [-0.2, -0.15) is 0 Å². The summed E-state index contributed by atoms with van der Waals surface area (Å²) in [5, 5.41) is 39.6. The van der Waals surface area contributed by atoms with E-state index in [1.54, 1.807) is 60.7 Å². The molecular formula is C22H25ClO6. The average Bonchev–Trinajstić information content (AvgIpc) is 2.93. The van der Waals surface area contributed by atoms with E-state index in [9.17, 15) is 20.1 Å². The maximum absolute atomic E-state index is 10.4. The predicted octanol–water partition coefficient (Wildman–Crippen LogP) is 2.75. The van der Waals surface area contributed by atoms with Crippen molar-refractivity contribution >= 4 is 17.6 Å². The van der Waals surface area contributed by atoms with Crippen molar-refractivity contribution in [3.05, 3.63) is 77.9 Å². The molecule has 1 saturated carbocycles. The molecule has 0 unspecified atom stereocenters. The number of aliphatic carboxylic acids is 1. The van der Waals surface area contributed by atoms with Gasteiger partial charge in [-0.15, -0.1) is 0 Å². The van der Waals surface area contributed by atoms with Crippen LogP contribution in [-0.4, -0.2) is 51.3 Å². The van der Waals surface area contributed by atoms with Crippen LogP contribution in [0.15, 0.2) is 72.9 Å². The topological polar surface area (TPSA) is 107 Å². The largest absolute Gasteiger partial charge is 0.491 e. The molecule has 0 bridgehead atoms. The molecule has 0 spiro atoms. The van der Waals surface area contributed by atoms with E-state index in [-0.39, 0.29) is 24.9 Å². The number of allylic oxidation sites excluding steroid dienone is 4. The number of carbonyl (C=O) groups is 1. The van der Waals surface area contributed by atoms with Gasteiger partial charge < -0.3 is 25.2 Å². The zero-order chi connectivity index (χ0) is 21.2. The predicted molar refractivity (Wildman–Crippen MR) is 111 cm³/mol. The molecule has 0 amide bonds. The number of aliphatic hydroxyl groups excluding tert-OH is 3. The number of rotatable bonds is 9. The van der Waals surface area contributed by atoms with Gasteiger partial charge in [0, 0.05) is 29.4 Å². The van der Waals surface area contributed by atoms with Gasteiger partial charge in [-0.05, 0) is 18.2 Å². The van der Waals surface area contributed by atoms with Crippen LogP contribution in [0.1, 0.15) is 6.42 Å². The average molecular weight is 421 g/mol. The molecule has 0 heterocycles. The fourth-order valence-corrected chi connectivity index (χ4v) is 3.28. The number of carboxylic acids is 1. The van der Waals surface area contributed by atoms with Crippen LogP contribution in [-0.2, 0) is 4.79 Å². The molecule has 4 N–H and O–H groups in total. The molecule has 1 aromatic carbocycles. The van der Waals surface area contributed by atoms with Gasteiger partial charge >= 0.3 is 5.97 Å². The van der Waals surface area contributed by atoms with Crippen molar-refractivity contribution in [1.82, 2.24) is 0 Å². The van der Waals surface area contributed by atoms with Crippen molar-refractivity contribution in [1.29, 1.82) is 0 Å². The number of halogens is 1. The molecule has 1 aliphatic rings. The first-order chi connectivity index (χ1) is 13.9. The van der Waals surface area contributed by atoms with Crippen LogP contribution in [0.2, 0.25) is 5.02 Å². The number of aliphatic hydroxyl groups is 3. The standard InChI is InChI=1S/C22H25ClO6/c23-15-6-5-7-17(12-15)29-14-16(24)10-11-19-18(20(25)13-21(19)26)8-3-1-2-4-9-22(27)28/h1-12,16,18-21,24-26H,13-14H2,(H,27,28)/b2-1+,8-3+,9-4+,11-10+/t16-,18-,19-,20+,21-/m1/s1. The summed E-state index contributed by atoms with van der Waals surface area (Å²) in [6.45, 7) is 0.0291. The highest BCUT2D eigenvalue weighted by atomic mass is 35.5. The fraction of sp³-hybridized carbons (Fsp3) is 0.318. The van der Waals surface area contributed by atoms with Crippen LogP contribution < -0.4 is 4.74 Å². The van der Waals surface area contributed by atoms with Gasteiger partial charge in [0.2, 0.25) is 0 Å². The van der Waals surface area contributed by atoms with E-state index in [1.807, 2.05) is 0 Å². The van der Waals surface area contributed by atoms with Crippen molar-refractivity contribution in [3.8, 4) is 5.75 Å². The van der Waals surface area contributed by atoms with Gasteiger partial charge in [0.15, 0.2) is 0 Å². The van der Waals surface area contributed by atoms with Crippen LogP contribution in [0.4, 0.5) is 0 Å². The third-order valence-electron chi connectivity index (χ3n) is 4.49. The lowest BCUT2D eigenvalue weighted by Crippen LogP contribution is -2.20. The maximum atomic E-state index is 10.4. The van der Waals surface area contributed by atoms with E-state index in [1.165, 1.54) is 6.08 Å². The SMILES string of the molecule is O=C(O)/C=C/C=C/C=C/[C@@H]1[C@@H](/C=C/[C@@H](O)COc2cccc(Cl)c2)[C@H](O)C[C@@H]1O. The molecule has 0 saturated heterocycles. The minimum atomic E-state index is -1.03. The second kappa shape index (κ2) is 11.6. The summed E-state index contributed by atoms with van der Waals surface area (Å²) in [6, 6.07) is 6.86. The Hall–Kier alpha value is -2.38. The van der Waals surface area contributed by atoms with Crippen molar-refractivity contribution in [2.75, 3.05) is 6.61 Å². The Labute approximate surface area is 174 Å². The summed E-state index contributed by atoms with van der Waals surface area (Å²) in [6.07, 6.45) is 10.2. The number of ether oxygens (including phenoxy) is 1. The molecule has 29 heavy (non-hydrogen) atoms. The summed E-state index contributed by atoms with van der Waals surface area (Å²) in [4.78, 5) is 10.4. The Morgan fingerprint density at radius 1 is 1.14 bits per heavy atom. The summed E-state index contributed by atoms with van der Waals surface area (Å²) in [5.74, 6) is -1.16. The monoisotopic (exact) mass is 420 g/mol. The molecular weight excluding hydrogens is 396 g/mol. The van der Waals surface area contributed by atoms with E-state index < -0.39 is 24.3 Å². The first-order valence-corrected chi connectivity index (χ1v) is 9.60. The van der Waals surface area contributed by atoms with E-state index in [0.717, 1.165) is 6.08 Å². The molecule has 0 radical (unpaired) electrons. The van der Waals surface area contributed by atoms with Crippen LogP contribution in [0, 0.1) is 11.8 Å². The summed E-state index contributed by atoms with van der Waals surface area (Å²) in [5.41, 5.74) is 0. The third kappa shape index (κ3) is 7.87. The molecule has 0 aromatic heterocycles. The van der Waals surface area contributed by atoms with Crippen LogP contribution in [0.3, 0.4) is 0 Å². The van der Waals surface area contributed by atoms with Crippen molar-refractivity contribution in [3.63, 3.8) is 0 Å². The Morgan fingerprint density at radius 2 is 1.83 bits per heavy atom.